The van der Waals surface area contributed by atoms with Crippen LogP contribution in [-0.4, -0.2) is 22.4 Å². The van der Waals surface area contributed by atoms with E-state index in [0.29, 0.717) is 30.0 Å². The number of hydrogen-bond donors (Lipinski definition) is 2. The molecule has 3 rings (SSSR count). The van der Waals surface area contributed by atoms with Crippen LogP contribution < -0.4 is 10.9 Å². The van der Waals surface area contributed by atoms with Crippen molar-refractivity contribution in [1.82, 2.24) is 15.3 Å². The first-order valence-corrected chi connectivity index (χ1v) is 8.56. The summed E-state index contributed by atoms with van der Waals surface area (Å²) in [6.07, 6.45) is 3.76. The lowest BCUT2D eigenvalue weighted by Gasteiger charge is -2.30. The van der Waals surface area contributed by atoms with Crippen molar-refractivity contribution in [3.05, 3.63) is 63.3 Å². The highest BCUT2D eigenvalue weighted by Crippen LogP contribution is 2.47. The van der Waals surface area contributed by atoms with Gasteiger partial charge in [0.05, 0.1) is 0 Å². The number of H-pyrrole nitrogens is 1. The minimum Gasteiger partial charge on any atom is -0.349 e. The zero-order valence-corrected chi connectivity index (χ0v) is 14.7. The minimum absolute atomic E-state index is 0.0493. The molecule has 1 aliphatic carbocycles. The Morgan fingerprint density at radius 2 is 2.12 bits per heavy atom. The number of aryl methyl sites for hydroxylation is 1. The van der Waals surface area contributed by atoms with E-state index in [2.05, 4.69) is 15.3 Å². The number of halogens is 2. The standard InChI is InChI=1S/C19H21F2N3O2/c1-11-9-22-16(24-17(11)25)18(26)23-10-19(2,13-4-5-13)8-12-3-6-14(20)7-15(12)21/h3,6-7,9,13H,4-5,8,10H2,1-2H3,(H,23,26)(H,22,24,25)/t19-/m1/s1. The van der Waals surface area contributed by atoms with Gasteiger partial charge in [0.15, 0.2) is 5.82 Å². The number of benzene rings is 1. The monoisotopic (exact) mass is 361 g/mol. The van der Waals surface area contributed by atoms with Gasteiger partial charge in [0.1, 0.15) is 11.6 Å². The molecule has 1 fully saturated rings. The zero-order valence-electron chi connectivity index (χ0n) is 14.7. The minimum atomic E-state index is -0.609. The third-order valence-electron chi connectivity index (χ3n) is 5.02. The first-order valence-electron chi connectivity index (χ1n) is 8.56. The Balaban J connectivity index is 1.72. The summed E-state index contributed by atoms with van der Waals surface area (Å²) in [4.78, 5) is 30.3. The van der Waals surface area contributed by atoms with Crippen LogP contribution >= 0.6 is 0 Å². The van der Waals surface area contributed by atoms with Gasteiger partial charge in [0, 0.05) is 24.4 Å². The molecule has 0 unspecified atom stereocenters. The van der Waals surface area contributed by atoms with Gasteiger partial charge in [-0.25, -0.2) is 13.8 Å². The Bertz CT molecular complexity index is 893. The van der Waals surface area contributed by atoms with Crippen molar-refractivity contribution in [2.75, 3.05) is 6.54 Å². The highest BCUT2D eigenvalue weighted by atomic mass is 19.1. The molecule has 0 aliphatic heterocycles. The molecule has 1 saturated carbocycles. The Hall–Kier alpha value is -2.57. The summed E-state index contributed by atoms with van der Waals surface area (Å²) < 4.78 is 27.2. The number of aromatic amines is 1. The Labute approximate surface area is 149 Å². The number of hydrogen-bond acceptors (Lipinski definition) is 3. The topological polar surface area (TPSA) is 74.8 Å². The van der Waals surface area contributed by atoms with Crippen LogP contribution in [-0.2, 0) is 6.42 Å². The van der Waals surface area contributed by atoms with Gasteiger partial charge in [-0.2, -0.15) is 0 Å². The number of nitrogens with one attached hydrogen (secondary N) is 2. The van der Waals surface area contributed by atoms with E-state index in [0.717, 1.165) is 18.9 Å². The first kappa shape index (κ1) is 18.2. The molecule has 1 atom stereocenters. The molecule has 1 aromatic carbocycles. The van der Waals surface area contributed by atoms with Crippen LogP contribution in [0.25, 0.3) is 0 Å². The molecule has 0 saturated heterocycles. The van der Waals surface area contributed by atoms with Crippen molar-refractivity contribution < 1.29 is 13.6 Å². The predicted molar refractivity (Wildman–Crippen MR) is 92.8 cm³/mol. The van der Waals surface area contributed by atoms with Crippen molar-refractivity contribution in [2.45, 2.75) is 33.1 Å². The number of carbonyl (C=O) groups excluding carboxylic acids is 1. The summed E-state index contributed by atoms with van der Waals surface area (Å²) in [5, 5.41) is 2.79. The smallest absolute Gasteiger partial charge is 0.287 e. The number of rotatable bonds is 6. The van der Waals surface area contributed by atoms with Gasteiger partial charge in [0.2, 0.25) is 0 Å². The summed E-state index contributed by atoms with van der Waals surface area (Å²) in [5.41, 5.74) is 0.135. The maximum absolute atomic E-state index is 14.0. The van der Waals surface area contributed by atoms with E-state index in [4.69, 9.17) is 0 Å². The molecule has 2 aromatic rings. The fourth-order valence-electron chi connectivity index (χ4n) is 3.17. The zero-order chi connectivity index (χ0) is 18.9. The van der Waals surface area contributed by atoms with E-state index in [1.807, 2.05) is 6.92 Å². The number of aromatic nitrogens is 2. The molecule has 2 N–H and O–H groups in total. The van der Waals surface area contributed by atoms with Gasteiger partial charge in [-0.1, -0.05) is 13.0 Å². The molecular formula is C19H21F2N3O2. The molecule has 5 nitrogen and oxygen atoms in total. The van der Waals surface area contributed by atoms with Crippen molar-refractivity contribution in [2.24, 2.45) is 11.3 Å². The van der Waals surface area contributed by atoms with Crippen molar-refractivity contribution in [3.8, 4) is 0 Å². The summed E-state index contributed by atoms with van der Waals surface area (Å²) in [6.45, 7) is 3.90. The molecule has 0 bridgehead atoms. The second-order valence-corrected chi connectivity index (χ2v) is 7.27. The normalized spacial score (nSPS) is 16.2. The van der Waals surface area contributed by atoms with Crippen molar-refractivity contribution in [1.29, 1.82) is 0 Å². The highest BCUT2D eigenvalue weighted by molar-refractivity contribution is 5.90. The van der Waals surface area contributed by atoms with Crippen molar-refractivity contribution in [3.63, 3.8) is 0 Å². The SMILES string of the molecule is Cc1cnc(C(=O)NC[C@@](C)(Cc2ccc(F)cc2F)C2CC2)[nH]c1=O. The van der Waals surface area contributed by atoms with E-state index in [9.17, 15) is 18.4 Å². The molecule has 26 heavy (non-hydrogen) atoms. The van der Waals surface area contributed by atoms with Gasteiger partial charge < -0.3 is 10.3 Å². The lowest BCUT2D eigenvalue weighted by Crippen LogP contribution is -2.40. The lowest BCUT2D eigenvalue weighted by molar-refractivity contribution is 0.0915. The third-order valence-corrected chi connectivity index (χ3v) is 5.02. The second-order valence-electron chi connectivity index (χ2n) is 7.27. The van der Waals surface area contributed by atoms with E-state index in [1.165, 1.54) is 18.3 Å². The first-order chi connectivity index (χ1) is 12.3. The molecule has 1 aromatic heterocycles. The summed E-state index contributed by atoms with van der Waals surface area (Å²) in [6, 6.07) is 3.57. The van der Waals surface area contributed by atoms with Crippen LogP contribution in [0.2, 0.25) is 0 Å². The van der Waals surface area contributed by atoms with Crippen LogP contribution in [0.3, 0.4) is 0 Å². The third kappa shape index (κ3) is 3.98. The van der Waals surface area contributed by atoms with E-state index >= 15 is 0 Å². The van der Waals surface area contributed by atoms with Crippen molar-refractivity contribution >= 4 is 5.91 Å². The number of carbonyl (C=O) groups is 1. The largest absolute Gasteiger partial charge is 0.349 e. The van der Waals surface area contributed by atoms with Crippen LogP contribution in [0, 0.1) is 29.9 Å². The molecule has 1 amide bonds. The molecular weight excluding hydrogens is 340 g/mol. The maximum Gasteiger partial charge on any atom is 0.287 e. The predicted octanol–water partition coefficient (Wildman–Crippen LogP) is 2.75. The van der Waals surface area contributed by atoms with E-state index < -0.39 is 17.5 Å². The van der Waals surface area contributed by atoms with Gasteiger partial charge in [-0.3, -0.25) is 9.59 Å². The number of nitrogens with zero attached hydrogens (tertiary/aromatic N) is 1. The summed E-state index contributed by atoms with van der Waals surface area (Å²) >= 11 is 0. The Kier molecular flexibility index (Phi) is 4.89. The molecule has 1 aliphatic rings. The number of amides is 1. The van der Waals surface area contributed by atoms with Gasteiger partial charge in [-0.05, 0) is 49.1 Å². The molecule has 0 radical (unpaired) electrons. The van der Waals surface area contributed by atoms with Crippen LogP contribution in [0.5, 0.6) is 0 Å². The fraction of sp³-hybridized carbons (Fsp3) is 0.421. The Morgan fingerprint density at radius 1 is 1.38 bits per heavy atom. The molecule has 138 valence electrons. The molecule has 1 heterocycles. The van der Waals surface area contributed by atoms with Crippen LogP contribution in [0.15, 0.2) is 29.2 Å². The highest BCUT2D eigenvalue weighted by Gasteiger charge is 2.42. The lowest BCUT2D eigenvalue weighted by atomic mass is 9.78. The average Bonchev–Trinajstić information content (AvgIpc) is 3.43. The quantitative estimate of drug-likeness (QED) is 0.831. The van der Waals surface area contributed by atoms with E-state index in [1.54, 1.807) is 6.92 Å². The molecule has 0 spiro atoms. The summed E-state index contributed by atoms with van der Waals surface area (Å²) in [5.74, 6) is -1.35. The van der Waals surface area contributed by atoms with Gasteiger partial charge in [-0.15, -0.1) is 0 Å². The fourth-order valence-corrected chi connectivity index (χ4v) is 3.17. The van der Waals surface area contributed by atoms with Gasteiger partial charge in [0.25, 0.3) is 11.5 Å². The second kappa shape index (κ2) is 6.97. The van der Waals surface area contributed by atoms with E-state index in [-0.39, 0.29) is 16.8 Å². The molecule has 7 heteroatoms. The van der Waals surface area contributed by atoms with Crippen LogP contribution in [0.1, 0.15) is 41.5 Å². The summed E-state index contributed by atoms with van der Waals surface area (Å²) in [7, 11) is 0. The van der Waals surface area contributed by atoms with Gasteiger partial charge >= 0.3 is 0 Å². The average molecular weight is 361 g/mol. The van der Waals surface area contributed by atoms with Crippen LogP contribution in [0.4, 0.5) is 8.78 Å². The Morgan fingerprint density at radius 3 is 2.73 bits per heavy atom. The maximum atomic E-state index is 14.0.